The van der Waals surface area contributed by atoms with Gasteiger partial charge in [0.05, 0.1) is 0 Å². The molecule has 1 aliphatic rings. The van der Waals surface area contributed by atoms with Crippen molar-refractivity contribution in [1.29, 1.82) is 0 Å². The number of rotatable bonds is 4. The maximum absolute atomic E-state index is 12.8. The molecule has 3 heterocycles. The van der Waals surface area contributed by atoms with Gasteiger partial charge >= 0.3 is 0 Å². The van der Waals surface area contributed by atoms with Gasteiger partial charge in [0, 0.05) is 30.9 Å². The Morgan fingerprint density at radius 2 is 2.07 bits per heavy atom. The Morgan fingerprint density at radius 3 is 2.81 bits per heavy atom. The summed E-state index contributed by atoms with van der Waals surface area (Å²) in [5.74, 6) is -0.0829. The van der Waals surface area contributed by atoms with Gasteiger partial charge in [-0.05, 0) is 48.6 Å². The van der Waals surface area contributed by atoms with E-state index >= 15 is 0 Å². The molecule has 27 heavy (non-hydrogen) atoms. The molecule has 6 heteroatoms. The molecule has 1 saturated carbocycles. The van der Waals surface area contributed by atoms with Crippen LogP contribution < -0.4 is 5.32 Å². The first-order valence-corrected chi connectivity index (χ1v) is 9.84. The zero-order valence-corrected chi connectivity index (χ0v) is 16.2. The van der Waals surface area contributed by atoms with E-state index in [1.807, 2.05) is 36.0 Å². The standard InChI is InChI=1S/C21H23ClN4O/c1-26-10-9-17-15(11-14-7-8-19(22)23-13-14)12-18(25-20(17)26)21(27)24-16-5-3-2-4-6-16/h7-10,12-13,16H,2-6,11H2,1H3,(H,24,27). The quantitative estimate of drug-likeness (QED) is 0.685. The molecule has 3 aromatic rings. The van der Waals surface area contributed by atoms with E-state index in [1.54, 1.807) is 12.3 Å². The summed E-state index contributed by atoms with van der Waals surface area (Å²) in [5.41, 5.74) is 3.42. The summed E-state index contributed by atoms with van der Waals surface area (Å²) < 4.78 is 1.95. The molecule has 0 spiro atoms. The van der Waals surface area contributed by atoms with Gasteiger partial charge in [0.1, 0.15) is 16.5 Å². The molecular formula is C21H23ClN4O. The monoisotopic (exact) mass is 382 g/mol. The lowest BCUT2D eigenvalue weighted by molar-refractivity contribution is 0.0923. The lowest BCUT2D eigenvalue weighted by Gasteiger charge is -2.22. The van der Waals surface area contributed by atoms with Gasteiger partial charge in [0.2, 0.25) is 0 Å². The second-order valence-corrected chi connectivity index (χ2v) is 7.69. The van der Waals surface area contributed by atoms with Crippen LogP contribution in [0.4, 0.5) is 0 Å². The molecule has 1 N–H and O–H groups in total. The zero-order valence-electron chi connectivity index (χ0n) is 15.4. The summed E-state index contributed by atoms with van der Waals surface area (Å²) in [4.78, 5) is 21.6. The van der Waals surface area contributed by atoms with Crippen LogP contribution >= 0.6 is 11.6 Å². The molecule has 1 aliphatic carbocycles. The third kappa shape index (κ3) is 3.98. The lowest BCUT2D eigenvalue weighted by atomic mass is 9.95. The van der Waals surface area contributed by atoms with E-state index in [1.165, 1.54) is 19.3 Å². The summed E-state index contributed by atoms with van der Waals surface area (Å²) in [6.45, 7) is 0. The smallest absolute Gasteiger partial charge is 0.270 e. The molecule has 0 aliphatic heterocycles. The molecule has 140 valence electrons. The van der Waals surface area contributed by atoms with Gasteiger partial charge in [-0.1, -0.05) is 36.9 Å². The fourth-order valence-electron chi connectivity index (χ4n) is 3.80. The number of aryl methyl sites for hydroxylation is 1. The lowest BCUT2D eigenvalue weighted by Crippen LogP contribution is -2.36. The molecule has 0 atom stereocenters. The summed E-state index contributed by atoms with van der Waals surface area (Å²) in [6, 6.07) is 7.98. The molecule has 5 nitrogen and oxygen atoms in total. The first kappa shape index (κ1) is 18.0. The molecule has 1 amide bonds. The second-order valence-electron chi connectivity index (χ2n) is 7.30. The third-order valence-corrected chi connectivity index (χ3v) is 5.50. The van der Waals surface area contributed by atoms with Crippen molar-refractivity contribution in [2.75, 3.05) is 0 Å². The topological polar surface area (TPSA) is 59.8 Å². The minimum absolute atomic E-state index is 0.0829. The SMILES string of the molecule is Cn1ccc2c(Cc3ccc(Cl)nc3)cc(C(=O)NC3CCCCC3)nc21. The predicted molar refractivity (Wildman–Crippen MR) is 107 cm³/mol. The number of nitrogens with zero attached hydrogens (tertiary/aromatic N) is 3. The van der Waals surface area contributed by atoms with Crippen molar-refractivity contribution in [3.8, 4) is 0 Å². The molecule has 0 saturated heterocycles. The first-order valence-electron chi connectivity index (χ1n) is 9.46. The van der Waals surface area contributed by atoms with E-state index in [4.69, 9.17) is 11.6 Å². The number of aromatic nitrogens is 3. The summed E-state index contributed by atoms with van der Waals surface area (Å²) >= 11 is 5.90. The van der Waals surface area contributed by atoms with E-state index < -0.39 is 0 Å². The van der Waals surface area contributed by atoms with E-state index in [2.05, 4.69) is 15.3 Å². The molecule has 0 radical (unpaired) electrons. The molecule has 0 unspecified atom stereocenters. The Bertz CT molecular complexity index is 958. The number of amides is 1. The summed E-state index contributed by atoms with van der Waals surface area (Å²) in [7, 11) is 1.95. The highest BCUT2D eigenvalue weighted by Gasteiger charge is 2.19. The van der Waals surface area contributed by atoms with Crippen LogP contribution in [0.1, 0.15) is 53.7 Å². The average molecular weight is 383 g/mol. The highest BCUT2D eigenvalue weighted by atomic mass is 35.5. The molecule has 4 rings (SSSR count). The maximum Gasteiger partial charge on any atom is 0.270 e. The second kappa shape index (κ2) is 7.69. The van der Waals surface area contributed by atoms with Gasteiger partial charge in [-0.2, -0.15) is 0 Å². The van der Waals surface area contributed by atoms with Crippen LogP contribution in [0.2, 0.25) is 5.15 Å². The van der Waals surface area contributed by atoms with Crippen molar-refractivity contribution in [2.24, 2.45) is 7.05 Å². The summed E-state index contributed by atoms with van der Waals surface area (Å²) in [5, 5.41) is 4.70. The number of fused-ring (bicyclic) bond motifs is 1. The number of halogens is 1. The van der Waals surface area contributed by atoms with Gasteiger partial charge in [-0.3, -0.25) is 4.79 Å². The van der Waals surface area contributed by atoms with Crippen molar-refractivity contribution in [3.63, 3.8) is 0 Å². The van der Waals surface area contributed by atoms with E-state index in [-0.39, 0.29) is 11.9 Å². The number of hydrogen-bond acceptors (Lipinski definition) is 3. The predicted octanol–water partition coefficient (Wildman–Crippen LogP) is 4.28. The van der Waals surface area contributed by atoms with Gasteiger partial charge in [0.25, 0.3) is 5.91 Å². The van der Waals surface area contributed by atoms with Crippen molar-refractivity contribution < 1.29 is 4.79 Å². The van der Waals surface area contributed by atoms with Crippen molar-refractivity contribution in [1.82, 2.24) is 19.9 Å². The Morgan fingerprint density at radius 1 is 1.26 bits per heavy atom. The normalized spacial score (nSPS) is 15.2. The van der Waals surface area contributed by atoms with E-state index in [0.717, 1.165) is 35.0 Å². The van der Waals surface area contributed by atoms with Crippen LogP contribution in [0.5, 0.6) is 0 Å². The van der Waals surface area contributed by atoms with Crippen LogP contribution in [-0.4, -0.2) is 26.5 Å². The molecule has 1 fully saturated rings. The molecule has 0 aromatic carbocycles. The Labute approximate surface area is 163 Å². The van der Waals surface area contributed by atoms with Gasteiger partial charge in [0.15, 0.2) is 0 Å². The van der Waals surface area contributed by atoms with Crippen LogP contribution in [0.3, 0.4) is 0 Å². The fourth-order valence-corrected chi connectivity index (χ4v) is 3.91. The first-order chi connectivity index (χ1) is 13.1. The Hall–Kier alpha value is -2.40. The Kier molecular flexibility index (Phi) is 5.12. The van der Waals surface area contributed by atoms with Gasteiger partial charge in [-0.15, -0.1) is 0 Å². The number of carbonyl (C=O) groups is 1. The van der Waals surface area contributed by atoms with Crippen molar-refractivity contribution >= 4 is 28.5 Å². The maximum atomic E-state index is 12.8. The number of pyridine rings is 2. The minimum atomic E-state index is -0.0829. The summed E-state index contributed by atoms with van der Waals surface area (Å²) in [6.07, 6.45) is 10.2. The molecule has 0 bridgehead atoms. The van der Waals surface area contributed by atoms with Gasteiger partial charge < -0.3 is 9.88 Å². The van der Waals surface area contributed by atoms with Gasteiger partial charge in [-0.25, -0.2) is 9.97 Å². The van der Waals surface area contributed by atoms with Crippen molar-refractivity contribution in [3.05, 3.63) is 58.6 Å². The van der Waals surface area contributed by atoms with Crippen LogP contribution in [0.15, 0.2) is 36.7 Å². The van der Waals surface area contributed by atoms with Crippen LogP contribution in [-0.2, 0) is 13.5 Å². The van der Waals surface area contributed by atoms with E-state index in [0.29, 0.717) is 17.3 Å². The zero-order chi connectivity index (χ0) is 18.8. The largest absolute Gasteiger partial charge is 0.348 e. The highest BCUT2D eigenvalue weighted by Crippen LogP contribution is 2.23. The van der Waals surface area contributed by atoms with E-state index in [9.17, 15) is 4.79 Å². The number of nitrogens with one attached hydrogen (secondary N) is 1. The van der Waals surface area contributed by atoms with Crippen LogP contribution in [0.25, 0.3) is 11.0 Å². The number of carbonyl (C=O) groups excluding carboxylic acids is 1. The fraction of sp³-hybridized carbons (Fsp3) is 0.381. The number of hydrogen-bond donors (Lipinski definition) is 1. The third-order valence-electron chi connectivity index (χ3n) is 5.28. The Balaban J connectivity index is 1.65. The van der Waals surface area contributed by atoms with Crippen LogP contribution in [0, 0.1) is 0 Å². The van der Waals surface area contributed by atoms with Crippen molar-refractivity contribution in [2.45, 2.75) is 44.6 Å². The molecular weight excluding hydrogens is 360 g/mol. The average Bonchev–Trinajstić information content (AvgIpc) is 3.06. The highest BCUT2D eigenvalue weighted by molar-refractivity contribution is 6.29. The molecule has 3 aromatic heterocycles. The minimum Gasteiger partial charge on any atom is -0.348 e.